The minimum Gasteiger partial charge on any atom is -0.383 e. The Hall–Kier alpha value is -1.94. The van der Waals surface area contributed by atoms with E-state index in [1.165, 1.54) is 0 Å². The summed E-state index contributed by atoms with van der Waals surface area (Å²) in [6, 6.07) is 7.96. The van der Waals surface area contributed by atoms with Gasteiger partial charge >= 0.3 is 0 Å². The number of para-hydroxylation sites is 1. The highest BCUT2D eigenvalue weighted by Crippen LogP contribution is 2.27. The third-order valence-corrected chi connectivity index (χ3v) is 3.15. The minimum atomic E-state index is -0.963. The Morgan fingerprint density at radius 3 is 2.61 bits per heavy atom. The molecule has 0 saturated carbocycles. The van der Waals surface area contributed by atoms with Gasteiger partial charge in [-0.1, -0.05) is 18.2 Å². The van der Waals surface area contributed by atoms with E-state index in [4.69, 9.17) is 0 Å². The molecule has 4 nitrogen and oxygen atoms in total. The van der Waals surface area contributed by atoms with E-state index in [-0.39, 0.29) is 0 Å². The van der Waals surface area contributed by atoms with Gasteiger partial charge in [0.25, 0.3) is 0 Å². The third-order valence-electron chi connectivity index (χ3n) is 3.15. The van der Waals surface area contributed by atoms with Gasteiger partial charge < -0.3 is 9.67 Å². The summed E-state index contributed by atoms with van der Waals surface area (Å²) in [6.45, 7) is 3.48. The molecular weight excluding hydrogens is 226 g/mol. The highest BCUT2D eigenvalue weighted by molar-refractivity contribution is 6.02. The third kappa shape index (κ3) is 1.49. The molecule has 3 rings (SSSR count). The summed E-state index contributed by atoms with van der Waals surface area (Å²) < 4.78 is 1.94. The number of imidazole rings is 1. The number of nitrogens with zero attached hydrogens (tertiary/aromatic N) is 3. The van der Waals surface area contributed by atoms with Gasteiger partial charge in [0.1, 0.15) is 16.9 Å². The van der Waals surface area contributed by atoms with E-state index in [0.717, 1.165) is 21.9 Å². The van der Waals surface area contributed by atoms with Gasteiger partial charge in [0.15, 0.2) is 0 Å². The number of hydrogen-bond donors (Lipinski definition) is 1. The van der Waals surface area contributed by atoms with Gasteiger partial charge in [-0.25, -0.2) is 4.98 Å². The topological polar surface area (TPSA) is 50.9 Å². The number of fused-ring (bicyclic) bond motifs is 3. The Morgan fingerprint density at radius 1 is 1.17 bits per heavy atom. The zero-order chi connectivity index (χ0) is 12.9. The minimum absolute atomic E-state index is 0.649. The van der Waals surface area contributed by atoms with Crippen molar-refractivity contribution < 1.29 is 5.11 Å². The van der Waals surface area contributed by atoms with E-state index in [9.17, 15) is 5.11 Å². The van der Waals surface area contributed by atoms with Gasteiger partial charge in [0.2, 0.25) is 0 Å². The van der Waals surface area contributed by atoms with Crippen molar-refractivity contribution in [1.82, 2.24) is 14.5 Å². The molecule has 1 aromatic carbocycles. The average Bonchev–Trinajstić information content (AvgIpc) is 2.67. The van der Waals surface area contributed by atoms with E-state index in [1.54, 1.807) is 20.0 Å². The number of benzene rings is 1. The lowest BCUT2D eigenvalue weighted by atomic mass is 10.1. The Labute approximate surface area is 105 Å². The Balaban J connectivity index is 2.48. The van der Waals surface area contributed by atoms with Gasteiger partial charge in [-0.05, 0) is 19.9 Å². The summed E-state index contributed by atoms with van der Waals surface area (Å²) in [4.78, 5) is 8.87. The SMILES string of the molecule is Cn1c(C(C)(C)O)nc2cnc3ccccc3c21. The van der Waals surface area contributed by atoms with Gasteiger partial charge in [-0.2, -0.15) is 0 Å². The van der Waals surface area contributed by atoms with E-state index >= 15 is 0 Å². The summed E-state index contributed by atoms with van der Waals surface area (Å²) in [7, 11) is 1.93. The average molecular weight is 241 g/mol. The largest absolute Gasteiger partial charge is 0.383 e. The van der Waals surface area contributed by atoms with Crippen LogP contribution in [0.3, 0.4) is 0 Å². The monoisotopic (exact) mass is 241 g/mol. The highest BCUT2D eigenvalue weighted by Gasteiger charge is 2.24. The van der Waals surface area contributed by atoms with E-state index in [2.05, 4.69) is 9.97 Å². The van der Waals surface area contributed by atoms with Crippen molar-refractivity contribution in [1.29, 1.82) is 0 Å². The first-order chi connectivity index (χ1) is 8.48. The zero-order valence-corrected chi connectivity index (χ0v) is 10.7. The van der Waals surface area contributed by atoms with E-state index in [1.807, 2.05) is 35.9 Å². The van der Waals surface area contributed by atoms with Crippen LogP contribution >= 0.6 is 0 Å². The number of aryl methyl sites for hydroxylation is 1. The molecular formula is C14H15N3O. The maximum Gasteiger partial charge on any atom is 0.141 e. The molecule has 92 valence electrons. The second-order valence-corrected chi connectivity index (χ2v) is 5.06. The summed E-state index contributed by atoms with van der Waals surface area (Å²) in [6.07, 6.45) is 1.76. The predicted octanol–water partition coefficient (Wildman–Crippen LogP) is 2.35. The molecule has 0 amide bonds. The molecule has 0 radical (unpaired) electrons. The van der Waals surface area contributed by atoms with Crippen LogP contribution in [0, 0.1) is 0 Å². The van der Waals surface area contributed by atoms with Crippen molar-refractivity contribution in [3.63, 3.8) is 0 Å². The fourth-order valence-corrected chi connectivity index (χ4v) is 2.39. The van der Waals surface area contributed by atoms with Crippen LogP contribution in [0.25, 0.3) is 21.9 Å². The van der Waals surface area contributed by atoms with Gasteiger partial charge in [-0.15, -0.1) is 0 Å². The van der Waals surface area contributed by atoms with Crippen LogP contribution < -0.4 is 0 Å². The molecule has 2 aromatic heterocycles. The quantitative estimate of drug-likeness (QED) is 0.711. The molecule has 0 fully saturated rings. The summed E-state index contributed by atoms with van der Waals surface area (Å²) in [5.74, 6) is 0.649. The van der Waals surface area contributed by atoms with Crippen molar-refractivity contribution >= 4 is 21.9 Å². The lowest BCUT2D eigenvalue weighted by Crippen LogP contribution is -2.20. The molecule has 0 saturated heterocycles. The molecule has 4 heteroatoms. The Kier molecular flexibility index (Phi) is 2.19. The fourth-order valence-electron chi connectivity index (χ4n) is 2.39. The smallest absolute Gasteiger partial charge is 0.141 e. The van der Waals surface area contributed by atoms with Crippen molar-refractivity contribution in [3.05, 3.63) is 36.3 Å². The number of rotatable bonds is 1. The van der Waals surface area contributed by atoms with Gasteiger partial charge in [0, 0.05) is 12.4 Å². The van der Waals surface area contributed by atoms with Crippen molar-refractivity contribution in [2.24, 2.45) is 7.05 Å². The Morgan fingerprint density at radius 2 is 1.89 bits per heavy atom. The molecule has 0 aliphatic rings. The second kappa shape index (κ2) is 3.53. The van der Waals surface area contributed by atoms with E-state index in [0.29, 0.717) is 5.82 Å². The molecule has 18 heavy (non-hydrogen) atoms. The molecule has 0 spiro atoms. The molecule has 3 aromatic rings. The van der Waals surface area contributed by atoms with Crippen molar-refractivity contribution in [3.8, 4) is 0 Å². The molecule has 0 aliphatic heterocycles. The van der Waals surface area contributed by atoms with E-state index < -0.39 is 5.60 Å². The highest BCUT2D eigenvalue weighted by atomic mass is 16.3. The second-order valence-electron chi connectivity index (χ2n) is 5.06. The first-order valence-electron chi connectivity index (χ1n) is 5.91. The van der Waals surface area contributed by atoms with Crippen LogP contribution in [0.5, 0.6) is 0 Å². The molecule has 0 unspecified atom stereocenters. The maximum absolute atomic E-state index is 10.1. The molecule has 1 N–H and O–H groups in total. The lowest BCUT2D eigenvalue weighted by Gasteiger charge is -2.16. The zero-order valence-electron chi connectivity index (χ0n) is 10.7. The van der Waals surface area contributed by atoms with Crippen LogP contribution in [0.15, 0.2) is 30.5 Å². The first kappa shape index (κ1) is 11.2. The van der Waals surface area contributed by atoms with Crippen LogP contribution in [-0.4, -0.2) is 19.6 Å². The molecule has 2 heterocycles. The number of hydrogen-bond acceptors (Lipinski definition) is 3. The fraction of sp³-hybridized carbons (Fsp3) is 0.286. The molecule has 0 aliphatic carbocycles. The maximum atomic E-state index is 10.1. The lowest BCUT2D eigenvalue weighted by molar-refractivity contribution is 0.0663. The normalized spacial score (nSPS) is 12.4. The van der Waals surface area contributed by atoms with Crippen molar-refractivity contribution in [2.45, 2.75) is 19.4 Å². The van der Waals surface area contributed by atoms with Crippen LogP contribution in [-0.2, 0) is 12.6 Å². The van der Waals surface area contributed by atoms with Crippen molar-refractivity contribution in [2.75, 3.05) is 0 Å². The van der Waals surface area contributed by atoms with Crippen LogP contribution in [0.2, 0.25) is 0 Å². The predicted molar refractivity (Wildman–Crippen MR) is 71.3 cm³/mol. The summed E-state index contributed by atoms with van der Waals surface area (Å²) in [5.41, 5.74) is 1.80. The van der Waals surface area contributed by atoms with Crippen LogP contribution in [0.4, 0.5) is 0 Å². The number of aromatic nitrogens is 3. The summed E-state index contributed by atoms with van der Waals surface area (Å²) >= 11 is 0. The van der Waals surface area contributed by atoms with Gasteiger partial charge in [-0.3, -0.25) is 4.98 Å². The first-order valence-corrected chi connectivity index (χ1v) is 5.91. The molecule has 0 atom stereocenters. The number of pyridine rings is 1. The number of aliphatic hydroxyl groups is 1. The van der Waals surface area contributed by atoms with Gasteiger partial charge in [0.05, 0.1) is 17.2 Å². The Bertz CT molecular complexity index is 738. The van der Waals surface area contributed by atoms with Crippen LogP contribution in [0.1, 0.15) is 19.7 Å². The standard InChI is InChI=1S/C14H15N3O/c1-14(2,18)13-16-11-8-15-10-7-5-4-6-9(10)12(11)17(13)3/h4-8,18H,1-3H3. The molecule has 0 bridgehead atoms. The summed E-state index contributed by atoms with van der Waals surface area (Å²) in [5, 5.41) is 11.2.